The van der Waals surface area contributed by atoms with E-state index in [1.807, 2.05) is 39.8 Å². The van der Waals surface area contributed by atoms with Gasteiger partial charge in [-0.3, -0.25) is 4.79 Å². The van der Waals surface area contributed by atoms with Crippen LogP contribution >= 0.6 is 11.8 Å². The smallest absolute Gasteiger partial charge is 0.237 e. The number of pyridine rings is 1. The lowest BCUT2D eigenvalue weighted by Crippen LogP contribution is -2.37. The predicted octanol–water partition coefficient (Wildman–Crippen LogP) is 3.15. The van der Waals surface area contributed by atoms with Crippen LogP contribution in [0.3, 0.4) is 0 Å². The number of methoxy groups -OCH3 is 1. The Morgan fingerprint density at radius 3 is 3.00 bits per heavy atom. The number of fused-ring (bicyclic) bond motifs is 2. The van der Waals surface area contributed by atoms with E-state index in [9.17, 15) is 4.79 Å². The first-order valence-corrected chi connectivity index (χ1v) is 10.0. The number of aromatic nitrogens is 3. The zero-order chi connectivity index (χ0) is 18.8. The molecule has 1 aliphatic heterocycles. The van der Waals surface area contributed by atoms with E-state index in [0.29, 0.717) is 18.9 Å². The van der Waals surface area contributed by atoms with Crippen LogP contribution in [0.2, 0.25) is 0 Å². The molecule has 27 heavy (non-hydrogen) atoms. The van der Waals surface area contributed by atoms with Gasteiger partial charge in [0.15, 0.2) is 10.8 Å². The lowest BCUT2D eigenvalue weighted by Gasteiger charge is -2.22. The van der Waals surface area contributed by atoms with Gasteiger partial charge in [0.25, 0.3) is 0 Å². The van der Waals surface area contributed by atoms with Crippen LogP contribution in [0.4, 0.5) is 5.69 Å². The van der Waals surface area contributed by atoms with Crippen molar-refractivity contribution < 1.29 is 9.53 Å². The maximum absolute atomic E-state index is 13.0. The lowest BCUT2D eigenvalue weighted by molar-refractivity contribution is -0.116. The van der Waals surface area contributed by atoms with Gasteiger partial charge in [-0.05, 0) is 37.1 Å². The largest absolute Gasteiger partial charge is 0.383 e. The highest BCUT2D eigenvalue weighted by Gasteiger charge is 2.30. The van der Waals surface area contributed by atoms with E-state index in [0.717, 1.165) is 28.4 Å². The molecule has 1 aromatic carbocycles. The maximum atomic E-state index is 13.0. The third-order valence-corrected chi connectivity index (χ3v) is 5.75. The molecule has 2 aromatic heterocycles. The summed E-state index contributed by atoms with van der Waals surface area (Å²) in [6.45, 7) is 3.32. The van der Waals surface area contributed by atoms with Crippen molar-refractivity contribution in [1.82, 2.24) is 14.5 Å². The zero-order valence-electron chi connectivity index (χ0n) is 15.5. The van der Waals surface area contributed by atoms with Crippen LogP contribution in [-0.4, -0.2) is 46.0 Å². The fourth-order valence-electron chi connectivity index (χ4n) is 3.57. The molecular weight excluding hydrogens is 360 g/mol. The highest BCUT2D eigenvalue weighted by Crippen LogP contribution is 2.33. The topological polar surface area (TPSA) is 60.2 Å². The van der Waals surface area contributed by atoms with Crippen LogP contribution < -0.4 is 4.90 Å². The van der Waals surface area contributed by atoms with Gasteiger partial charge in [-0.15, -0.1) is 0 Å². The molecule has 4 rings (SSSR count). The van der Waals surface area contributed by atoms with Gasteiger partial charge in [0.2, 0.25) is 5.91 Å². The minimum atomic E-state index is 0.107. The summed E-state index contributed by atoms with van der Waals surface area (Å²) >= 11 is 1.46. The Kier molecular flexibility index (Phi) is 5.13. The summed E-state index contributed by atoms with van der Waals surface area (Å²) in [6.07, 6.45) is 2.67. The average molecular weight is 382 g/mol. The van der Waals surface area contributed by atoms with Crippen molar-refractivity contribution in [2.45, 2.75) is 31.1 Å². The number of amides is 1. The van der Waals surface area contributed by atoms with E-state index >= 15 is 0 Å². The Hall–Kier alpha value is -2.38. The van der Waals surface area contributed by atoms with Crippen molar-refractivity contribution in [3.63, 3.8) is 0 Å². The quantitative estimate of drug-likeness (QED) is 0.613. The number of carbonyl (C=O) groups excluding carboxylic acids is 1. The summed E-state index contributed by atoms with van der Waals surface area (Å²) in [5.74, 6) is 0.449. The van der Waals surface area contributed by atoms with E-state index in [2.05, 4.69) is 23.0 Å². The van der Waals surface area contributed by atoms with Crippen molar-refractivity contribution in [3.8, 4) is 0 Å². The minimum Gasteiger partial charge on any atom is -0.383 e. The molecule has 0 bridgehead atoms. The van der Waals surface area contributed by atoms with Crippen LogP contribution in [0.5, 0.6) is 0 Å². The SMILES string of the molecule is COCCn1c(SCC(=O)N2c3ccccc3C[C@@H]2C)nc2cccnc21. The molecule has 0 spiro atoms. The number of nitrogens with zero attached hydrogens (tertiary/aromatic N) is 4. The van der Waals surface area contributed by atoms with Gasteiger partial charge >= 0.3 is 0 Å². The van der Waals surface area contributed by atoms with Gasteiger partial charge in [0, 0.05) is 25.0 Å². The molecule has 3 aromatic rings. The molecule has 3 heterocycles. The average Bonchev–Trinajstić information content (AvgIpc) is 3.20. The van der Waals surface area contributed by atoms with Crippen molar-refractivity contribution in [1.29, 1.82) is 0 Å². The van der Waals surface area contributed by atoms with Gasteiger partial charge < -0.3 is 14.2 Å². The standard InChI is InChI=1S/C20H22N4O2S/c1-14-12-15-6-3-4-8-17(15)24(14)18(25)13-27-20-22-16-7-5-9-21-19(16)23(20)10-11-26-2/h3-9,14H,10-13H2,1-2H3/t14-/m0/s1. The molecule has 0 aliphatic carbocycles. The first kappa shape index (κ1) is 18.0. The number of para-hydroxylation sites is 1. The fourth-order valence-corrected chi connectivity index (χ4v) is 4.46. The second kappa shape index (κ2) is 7.70. The summed E-state index contributed by atoms with van der Waals surface area (Å²) in [6, 6.07) is 12.1. The Balaban J connectivity index is 1.54. The van der Waals surface area contributed by atoms with Crippen molar-refractivity contribution in [2.75, 3.05) is 24.4 Å². The number of thioether (sulfide) groups is 1. The number of hydrogen-bond acceptors (Lipinski definition) is 5. The molecule has 0 saturated heterocycles. The van der Waals surface area contributed by atoms with Crippen LogP contribution in [0.1, 0.15) is 12.5 Å². The monoisotopic (exact) mass is 382 g/mol. The van der Waals surface area contributed by atoms with Crippen molar-refractivity contribution >= 4 is 34.5 Å². The summed E-state index contributed by atoms with van der Waals surface area (Å²) < 4.78 is 7.24. The number of hydrogen-bond donors (Lipinski definition) is 0. The molecule has 0 N–H and O–H groups in total. The van der Waals surface area contributed by atoms with Gasteiger partial charge in [-0.25, -0.2) is 9.97 Å². The first-order valence-electron chi connectivity index (χ1n) is 9.02. The highest BCUT2D eigenvalue weighted by molar-refractivity contribution is 7.99. The van der Waals surface area contributed by atoms with Crippen LogP contribution in [0.15, 0.2) is 47.8 Å². The van der Waals surface area contributed by atoms with Gasteiger partial charge in [-0.2, -0.15) is 0 Å². The van der Waals surface area contributed by atoms with E-state index in [-0.39, 0.29) is 11.9 Å². The van der Waals surface area contributed by atoms with Crippen LogP contribution in [-0.2, 0) is 22.5 Å². The fraction of sp³-hybridized carbons (Fsp3) is 0.350. The molecule has 6 nitrogen and oxygen atoms in total. The number of carbonyl (C=O) groups is 1. The number of rotatable bonds is 6. The summed E-state index contributed by atoms with van der Waals surface area (Å²) in [4.78, 5) is 24.0. The number of benzene rings is 1. The molecule has 1 aliphatic rings. The number of imidazole rings is 1. The lowest BCUT2D eigenvalue weighted by atomic mass is 10.1. The highest BCUT2D eigenvalue weighted by atomic mass is 32.2. The van der Waals surface area contributed by atoms with Gasteiger partial charge in [-0.1, -0.05) is 30.0 Å². The predicted molar refractivity (Wildman–Crippen MR) is 107 cm³/mol. The normalized spacial score (nSPS) is 16.1. The number of anilines is 1. The third kappa shape index (κ3) is 3.44. The summed E-state index contributed by atoms with van der Waals surface area (Å²) in [7, 11) is 1.68. The van der Waals surface area contributed by atoms with Crippen molar-refractivity contribution in [3.05, 3.63) is 48.2 Å². The molecule has 0 fully saturated rings. The second-order valence-corrected chi connectivity index (χ2v) is 7.56. The Labute approximate surface area is 162 Å². The Bertz CT molecular complexity index is 972. The molecule has 1 amide bonds. The molecule has 0 unspecified atom stereocenters. The van der Waals surface area contributed by atoms with E-state index in [1.54, 1.807) is 13.3 Å². The maximum Gasteiger partial charge on any atom is 0.237 e. The van der Waals surface area contributed by atoms with Crippen LogP contribution in [0.25, 0.3) is 11.2 Å². The number of ether oxygens (including phenoxy) is 1. The Morgan fingerprint density at radius 2 is 2.15 bits per heavy atom. The molecule has 7 heteroatoms. The molecule has 1 atom stereocenters. The molecule has 0 saturated carbocycles. The van der Waals surface area contributed by atoms with Crippen LogP contribution in [0, 0.1) is 0 Å². The van der Waals surface area contributed by atoms with Gasteiger partial charge in [0.1, 0.15) is 5.52 Å². The zero-order valence-corrected chi connectivity index (χ0v) is 16.3. The van der Waals surface area contributed by atoms with Gasteiger partial charge in [0.05, 0.1) is 18.9 Å². The minimum absolute atomic E-state index is 0.107. The summed E-state index contributed by atoms with van der Waals surface area (Å²) in [5, 5.41) is 0.800. The van der Waals surface area contributed by atoms with E-state index in [1.165, 1.54) is 17.3 Å². The van der Waals surface area contributed by atoms with E-state index < -0.39 is 0 Å². The first-order chi connectivity index (χ1) is 13.2. The third-order valence-electron chi connectivity index (χ3n) is 4.79. The Morgan fingerprint density at radius 1 is 1.30 bits per heavy atom. The summed E-state index contributed by atoms with van der Waals surface area (Å²) in [5.41, 5.74) is 3.93. The van der Waals surface area contributed by atoms with E-state index in [4.69, 9.17) is 4.74 Å². The molecular formula is C20H22N4O2S. The van der Waals surface area contributed by atoms with Crippen molar-refractivity contribution in [2.24, 2.45) is 0 Å². The molecule has 140 valence electrons. The molecule has 0 radical (unpaired) electrons. The second-order valence-electron chi connectivity index (χ2n) is 6.62.